The number of carbonyl (C=O) groups is 2. The molecule has 0 bridgehead atoms. The number of nitrogens with one attached hydrogen (secondary N) is 1. The Labute approximate surface area is 154 Å². The summed E-state index contributed by atoms with van der Waals surface area (Å²) in [5.74, 6) is 0.0468. The first-order valence-corrected chi connectivity index (χ1v) is 8.89. The van der Waals surface area contributed by atoms with Crippen LogP contribution in [0.4, 0.5) is 4.79 Å². The summed E-state index contributed by atoms with van der Waals surface area (Å²) in [6.07, 6.45) is 1.30. The van der Waals surface area contributed by atoms with Gasteiger partial charge in [-0.3, -0.25) is 4.79 Å². The molecule has 2 N–H and O–H groups in total. The van der Waals surface area contributed by atoms with Gasteiger partial charge in [0.1, 0.15) is 0 Å². The maximum absolute atomic E-state index is 12.7. The zero-order chi connectivity index (χ0) is 19.3. The van der Waals surface area contributed by atoms with E-state index >= 15 is 0 Å². The van der Waals surface area contributed by atoms with Crippen molar-refractivity contribution in [3.63, 3.8) is 0 Å². The van der Waals surface area contributed by atoms with Gasteiger partial charge in [-0.2, -0.15) is 0 Å². The third-order valence-electron chi connectivity index (χ3n) is 4.81. The van der Waals surface area contributed by atoms with Crippen molar-refractivity contribution in [1.82, 2.24) is 10.2 Å². The Kier molecular flexibility index (Phi) is 6.71. The summed E-state index contributed by atoms with van der Waals surface area (Å²) in [5, 5.41) is 12.3. The molecule has 0 aromatic heterocycles. The number of ether oxygens (including phenoxy) is 2. The summed E-state index contributed by atoms with van der Waals surface area (Å²) >= 11 is 0. The van der Waals surface area contributed by atoms with Crippen LogP contribution in [-0.2, 0) is 4.79 Å². The van der Waals surface area contributed by atoms with Gasteiger partial charge >= 0.3 is 12.0 Å². The van der Waals surface area contributed by atoms with Gasteiger partial charge in [-0.05, 0) is 36.5 Å². The molecule has 1 aliphatic rings. The van der Waals surface area contributed by atoms with Crippen LogP contribution in [0.15, 0.2) is 18.2 Å². The van der Waals surface area contributed by atoms with E-state index < -0.39 is 11.9 Å². The van der Waals surface area contributed by atoms with Crippen LogP contribution >= 0.6 is 0 Å². The molecule has 7 heteroatoms. The van der Waals surface area contributed by atoms with Crippen molar-refractivity contribution in [2.45, 2.75) is 32.7 Å². The van der Waals surface area contributed by atoms with Gasteiger partial charge in [0.2, 0.25) is 0 Å². The van der Waals surface area contributed by atoms with E-state index in [9.17, 15) is 14.7 Å². The van der Waals surface area contributed by atoms with Crippen molar-refractivity contribution in [2.75, 3.05) is 27.3 Å². The molecule has 0 spiro atoms. The number of aliphatic carboxylic acids is 1. The Balaban J connectivity index is 2.11. The minimum absolute atomic E-state index is 0.164. The van der Waals surface area contributed by atoms with Gasteiger partial charge in [0.15, 0.2) is 11.5 Å². The Morgan fingerprint density at radius 3 is 2.54 bits per heavy atom. The quantitative estimate of drug-likeness (QED) is 0.810. The number of rotatable bonds is 6. The summed E-state index contributed by atoms with van der Waals surface area (Å²) in [7, 11) is 3.15. The van der Waals surface area contributed by atoms with E-state index in [0.29, 0.717) is 30.9 Å². The predicted molar refractivity (Wildman–Crippen MR) is 97.6 cm³/mol. The second kappa shape index (κ2) is 8.78. The summed E-state index contributed by atoms with van der Waals surface area (Å²) in [5.41, 5.74) is 0.915. The van der Waals surface area contributed by atoms with Crippen molar-refractivity contribution in [3.05, 3.63) is 23.8 Å². The Morgan fingerprint density at radius 2 is 1.96 bits per heavy atom. The Hall–Kier alpha value is -2.44. The molecule has 3 atom stereocenters. The molecular weight excluding hydrogens is 336 g/mol. The third-order valence-corrected chi connectivity index (χ3v) is 4.81. The van der Waals surface area contributed by atoms with Crippen molar-refractivity contribution in [2.24, 2.45) is 11.8 Å². The molecule has 1 aromatic rings. The first kappa shape index (κ1) is 19.9. The first-order valence-electron chi connectivity index (χ1n) is 8.89. The molecule has 144 valence electrons. The lowest BCUT2D eigenvalue weighted by Gasteiger charge is -2.35. The van der Waals surface area contributed by atoms with Crippen LogP contribution in [0.1, 0.15) is 38.3 Å². The lowest BCUT2D eigenvalue weighted by Crippen LogP contribution is -2.50. The predicted octanol–water partition coefficient (Wildman–Crippen LogP) is 2.91. The van der Waals surface area contributed by atoms with Gasteiger partial charge in [-0.15, -0.1) is 0 Å². The molecule has 1 heterocycles. The second-order valence-electron chi connectivity index (χ2n) is 6.81. The molecule has 3 unspecified atom stereocenters. The van der Waals surface area contributed by atoms with E-state index in [1.807, 2.05) is 32.0 Å². The fraction of sp³-hybridized carbons (Fsp3) is 0.579. The molecular formula is C19H28N2O5. The van der Waals surface area contributed by atoms with E-state index in [-0.39, 0.29) is 24.5 Å². The lowest BCUT2D eigenvalue weighted by atomic mass is 9.91. The highest BCUT2D eigenvalue weighted by Crippen LogP contribution is 2.31. The number of carboxylic acids is 1. The topological polar surface area (TPSA) is 88.1 Å². The maximum Gasteiger partial charge on any atom is 0.317 e. The summed E-state index contributed by atoms with van der Waals surface area (Å²) < 4.78 is 10.6. The number of benzene rings is 1. The molecule has 7 nitrogen and oxygen atoms in total. The number of nitrogens with zero attached hydrogens (tertiary/aromatic N) is 1. The van der Waals surface area contributed by atoms with Gasteiger partial charge in [-0.1, -0.05) is 19.9 Å². The maximum atomic E-state index is 12.7. The number of piperidine rings is 1. The highest BCUT2D eigenvalue weighted by Gasteiger charge is 2.32. The number of amides is 2. The van der Waals surface area contributed by atoms with Gasteiger partial charge in [0.25, 0.3) is 0 Å². The van der Waals surface area contributed by atoms with Gasteiger partial charge in [0, 0.05) is 13.1 Å². The molecule has 2 rings (SSSR count). The zero-order valence-electron chi connectivity index (χ0n) is 15.8. The standard InChI is InChI=1S/C19H28N2O5/c1-5-15(13-6-7-16(25-3)17(9-13)26-4)20-19(24)21-10-12(2)8-14(11-21)18(22)23/h6-7,9,12,14-15H,5,8,10-11H2,1-4H3,(H,20,24)(H,22,23). The first-order chi connectivity index (χ1) is 12.4. The largest absolute Gasteiger partial charge is 0.493 e. The summed E-state index contributed by atoms with van der Waals surface area (Å²) in [4.78, 5) is 25.6. The molecule has 2 amide bonds. The summed E-state index contributed by atoms with van der Waals surface area (Å²) in [6, 6.07) is 5.14. The van der Waals surface area contributed by atoms with Crippen LogP contribution in [0.5, 0.6) is 11.5 Å². The Morgan fingerprint density at radius 1 is 1.27 bits per heavy atom. The highest BCUT2D eigenvalue weighted by atomic mass is 16.5. The van der Waals surface area contributed by atoms with Crippen molar-refractivity contribution >= 4 is 12.0 Å². The molecule has 26 heavy (non-hydrogen) atoms. The van der Waals surface area contributed by atoms with Crippen LogP contribution in [0, 0.1) is 11.8 Å². The summed E-state index contributed by atoms with van der Waals surface area (Å²) in [6.45, 7) is 4.77. The van der Waals surface area contributed by atoms with Crippen molar-refractivity contribution < 1.29 is 24.2 Å². The number of hydrogen-bond acceptors (Lipinski definition) is 4. The van der Waals surface area contributed by atoms with Crippen molar-refractivity contribution in [1.29, 1.82) is 0 Å². The zero-order valence-corrected chi connectivity index (χ0v) is 15.8. The lowest BCUT2D eigenvalue weighted by molar-refractivity contribution is -0.143. The van der Waals surface area contributed by atoms with E-state index in [1.54, 1.807) is 19.1 Å². The van der Waals surface area contributed by atoms with Crippen molar-refractivity contribution in [3.8, 4) is 11.5 Å². The smallest absolute Gasteiger partial charge is 0.317 e. The average Bonchev–Trinajstić information content (AvgIpc) is 2.64. The normalized spacial score (nSPS) is 21.0. The SMILES string of the molecule is CCC(NC(=O)N1CC(C)CC(C(=O)O)C1)c1ccc(OC)c(OC)c1. The number of likely N-dealkylation sites (tertiary alicyclic amines) is 1. The number of carboxylic acid groups (broad SMARTS) is 1. The van der Waals surface area contributed by atoms with Crippen LogP contribution < -0.4 is 14.8 Å². The average molecular weight is 364 g/mol. The molecule has 1 aliphatic heterocycles. The fourth-order valence-corrected chi connectivity index (χ4v) is 3.43. The molecule has 0 aliphatic carbocycles. The van der Waals surface area contributed by atoms with Crippen LogP contribution in [-0.4, -0.2) is 49.3 Å². The van der Waals surface area contributed by atoms with Gasteiger partial charge < -0.3 is 24.8 Å². The van der Waals surface area contributed by atoms with Crippen LogP contribution in [0.3, 0.4) is 0 Å². The minimum Gasteiger partial charge on any atom is -0.493 e. The minimum atomic E-state index is -0.846. The fourth-order valence-electron chi connectivity index (χ4n) is 3.43. The Bertz CT molecular complexity index is 649. The van der Waals surface area contributed by atoms with Gasteiger partial charge in [-0.25, -0.2) is 4.79 Å². The third kappa shape index (κ3) is 4.59. The number of urea groups is 1. The van der Waals surface area contributed by atoms with Crippen LogP contribution in [0.2, 0.25) is 0 Å². The molecule has 1 fully saturated rings. The van der Waals surface area contributed by atoms with Gasteiger partial charge in [0.05, 0.1) is 26.2 Å². The van der Waals surface area contributed by atoms with Crippen LogP contribution in [0.25, 0.3) is 0 Å². The van der Waals surface area contributed by atoms with E-state index in [4.69, 9.17) is 9.47 Å². The molecule has 1 saturated heterocycles. The van der Waals surface area contributed by atoms with E-state index in [1.165, 1.54) is 0 Å². The molecule has 1 aromatic carbocycles. The van der Waals surface area contributed by atoms with E-state index in [0.717, 1.165) is 5.56 Å². The monoisotopic (exact) mass is 364 g/mol. The number of carbonyl (C=O) groups excluding carboxylic acids is 1. The van der Waals surface area contributed by atoms with E-state index in [2.05, 4.69) is 5.32 Å². The number of methoxy groups -OCH3 is 2. The second-order valence-corrected chi connectivity index (χ2v) is 6.81. The number of hydrogen-bond donors (Lipinski definition) is 2. The molecule has 0 saturated carbocycles. The highest BCUT2D eigenvalue weighted by molar-refractivity contribution is 5.77. The molecule has 0 radical (unpaired) electrons.